The lowest BCUT2D eigenvalue weighted by atomic mass is 10.0. The van der Waals surface area contributed by atoms with Gasteiger partial charge in [-0.2, -0.15) is 0 Å². The third-order valence-electron chi connectivity index (χ3n) is 4.53. The molecule has 1 saturated heterocycles. The molecule has 1 fully saturated rings. The maximum Gasteiger partial charge on any atom is 0.141 e. The number of hydrogen-bond donors (Lipinski definition) is 0. The number of aryl methyl sites for hydroxylation is 2. The molecule has 2 aromatic heterocycles. The van der Waals surface area contributed by atoms with Crippen LogP contribution in [0.15, 0.2) is 30.5 Å². The zero-order valence-electron chi connectivity index (χ0n) is 13.3. The number of nitrogens with zero attached hydrogens (tertiary/aromatic N) is 3. The summed E-state index contributed by atoms with van der Waals surface area (Å²) in [6, 6.07) is 9.21. The Kier molecular flexibility index (Phi) is 4.11. The van der Waals surface area contributed by atoms with Gasteiger partial charge in [0.05, 0.1) is 0 Å². The molecule has 0 spiro atoms. The Bertz CT molecular complexity index is 595. The Morgan fingerprint density at radius 2 is 1.95 bits per heavy atom. The van der Waals surface area contributed by atoms with Crippen LogP contribution < -0.4 is 0 Å². The van der Waals surface area contributed by atoms with E-state index in [4.69, 9.17) is 4.98 Å². The van der Waals surface area contributed by atoms with E-state index in [1.54, 1.807) is 0 Å². The Morgan fingerprint density at radius 3 is 2.67 bits per heavy atom. The predicted molar refractivity (Wildman–Crippen MR) is 86.9 cm³/mol. The van der Waals surface area contributed by atoms with Gasteiger partial charge in [0.25, 0.3) is 0 Å². The molecule has 0 unspecified atom stereocenters. The smallest absolute Gasteiger partial charge is 0.141 e. The highest BCUT2D eigenvalue weighted by Crippen LogP contribution is 2.35. The molecular weight excluding hydrogens is 258 g/mol. The minimum absolute atomic E-state index is 0.523. The molecule has 1 aliphatic rings. The van der Waals surface area contributed by atoms with Gasteiger partial charge in [-0.25, -0.2) is 4.98 Å². The molecular formula is C18H25N3. The largest absolute Gasteiger partial charge is 0.303 e. The van der Waals surface area contributed by atoms with Gasteiger partial charge in [0.1, 0.15) is 5.82 Å². The van der Waals surface area contributed by atoms with Crippen LogP contribution in [0.3, 0.4) is 0 Å². The van der Waals surface area contributed by atoms with Crippen molar-refractivity contribution in [2.45, 2.75) is 46.1 Å². The van der Waals surface area contributed by atoms with Gasteiger partial charge in [0.2, 0.25) is 0 Å². The molecule has 0 N–H and O–H groups in total. The molecule has 2 aromatic rings. The number of rotatable bonds is 4. The van der Waals surface area contributed by atoms with E-state index in [-0.39, 0.29) is 0 Å². The van der Waals surface area contributed by atoms with Crippen LogP contribution in [0.5, 0.6) is 0 Å². The molecule has 0 radical (unpaired) electrons. The molecule has 3 heteroatoms. The molecule has 0 saturated carbocycles. The zero-order chi connectivity index (χ0) is 14.8. The lowest BCUT2D eigenvalue weighted by Gasteiger charge is -2.26. The van der Waals surface area contributed by atoms with Crippen LogP contribution in [0.2, 0.25) is 0 Å². The van der Waals surface area contributed by atoms with Crippen molar-refractivity contribution in [1.82, 2.24) is 14.5 Å². The fourth-order valence-electron chi connectivity index (χ4n) is 3.59. The van der Waals surface area contributed by atoms with Crippen LogP contribution in [0.4, 0.5) is 0 Å². The maximum atomic E-state index is 4.72. The van der Waals surface area contributed by atoms with Crippen molar-refractivity contribution in [3.63, 3.8) is 0 Å². The molecule has 21 heavy (non-hydrogen) atoms. The van der Waals surface area contributed by atoms with Gasteiger partial charge in [-0.15, -0.1) is 0 Å². The second-order valence-corrected chi connectivity index (χ2v) is 6.06. The van der Waals surface area contributed by atoms with E-state index in [2.05, 4.69) is 54.5 Å². The molecule has 112 valence electrons. The second-order valence-electron chi connectivity index (χ2n) is 6.06. The van der Waals surface area contributed by atoms with Crippen LogP contribution in [-0.4, -0.2) is 27.5 Å². The van der Waals surface area contributed by atoms with Gasteiger partial charge in [-0.3, -0.25) is 4.90 Å². The molecule has 3 nitrogen and oxygen atoms in total. The maximum absolute atomic E-state index is 4.72. The van der Waals surface area contributed by atoms with E-state index >= 15 is 0 Å². The highest BCUT2D eigenvalue weighted by atomic mass is 15.2. The lowest BCUT2D eigenvalue weighted by Crippen LogP contribution is -2.25. The summed E-state index contributed by atoms with van der Waals surface area (Å²) >= 11 is 0. The summed E-state index contributed by atoms with van der Waals surface area (Å²) in [5, 5.41) is 0. The van der Waals surface area contributed by atoms with Crippen LogP contribution in [0.1, 0.15) is 49.2 Å². The molecule has 3 rings (SSSR count). The predicted octanol–water partition coefficient (Wildman–Crippen LogP) is 4.04. The molecule has 1 aliphatic heterocycles. The Balaban J connectivity index is 2.04. The van der Waals surface area contributed by atoms with E-state index in [1.165, 1.54) is 49.3 Å². The number of likely N-dealkylation sites (tertiary alicyclic amines) is 1. The minimum atomic E-state index is 0.523. The molecule has 0 aliphatic carbocycles. The topological polar surface area (TPSA) is 21.1 Å². The molecule has 0 aromatic carbocycles. The third kappa shape index (κ3) is 2.62. The molecule has 0 bridgehead atoms. The van der Waals surface area contributed by atoms with Gasteiger partial charge < -0.3 is 4.57 Å². The lowest BCUT2D eigenvalue weighted by molar-refractivity contribution is 0.257. The van der Waals surface area contributed by atoms with Crippen molar-refractivity contribution in [2.24, 2.45) is 0 Å². The van der Waals surface area contributed by atoms with E-state index in [0.29, 0.717) is 6.04 Å². The number of aromatic nitrogens is 2. The summed E-state index contributed by atoms with van der Waals surface area (Å²) < 4.78 is 2.29. The van der Waals surface area contributed by atoms with Crippen molar-refractivity contribution in [3.8, 4) is 5.82 Å². The fraction of sp³-hybridized carbons (Fsp3) is 0.500. The first-order valence-electron chi connectivity index (χ1n) is 8.06. The highest BCUT2D eigenvalue weighted by molar-refractivity contribution is 5.41. The Morgan fingerprint density at radius 1 is 1.19 bits per heavy atom. The quantitative estimate of drug-likeness (QED) is 0.844. The average Bonchev–Trinajstić information content (AvgIpc) is 3.07. The standard InChI is InChI=1S/C18H25N3/c1-4-12-20-13-6-8-17(20)16-7-5-11-19-18(16)21-14(2)9-10-15(21)3/h5,7,9-11,17H,4,6,8,12-13H2,1-3H3/t17-/m1/s1. The van der Waals surface area contributed by atoms with Crippen molar-refractivity contribution in [1.29, 1.82) is 0 Å². The van der Waals surface area contributed by atoms with Gasteiger partial charge in [0.15, 0.2) is 0 Å². The number of pyridine rings is 1. The summed E-state index contributed by atoms with van der Waals surface area (Å²) in [4.78, 5) is 7.34. The van der Waals surface area contributed by atoms with Crippen LogP contribution in [0.25, 0.3) is 5.82 Å². The molecule has 3 heterocycles. The summed E-state index contributed by atoms with van der Waals surface area (Å²) in [7, 11) is 0. The minimum Gasteiger partial charge on any atom is -0.303 e. The monoisotopic (exact) mass is 283 g/mol. The first-order chi connectivity index (χ1) is 10.2. The van der Waals surface area contributed by atoms with E-state index < -0.39 is 0 Å². The second kappa shape index (κ2) is 6.02. The summed E-state index contributed by atoms with van der Waals surface area (Å²) in [6.07, 6.45) is 5.67. The Hall–Kier alpha value is -1.61. The van der Waals surface area contributed by atoms with E-state index in [0.717, 1.165) is 5.82 Å². The van der Waals surface area contributed by atoms with Gasteiger partial charge in [-0.05, 0) is 64.4 Å². The van der Waals surface area contributed by atoms with E-state index in [1.807, 2.05) is 6.20 Å². The number of hydrogen-bond acceptors (Lipinski definition) is 2. The zero-order valence-corrected chi connectivity index (χ0v) is 13.3. The summed E-state index contributed by atoms with van der Waals surface area (Å²) in [5.41, 5.74) is 3.89. The van der Waals surface area contributed by atoms with Crippen molar-refractivity contribution in [3.05, 3.63) is 47.4 Å². The average molecular weight is 283 g/mol. The van der Waals surface area contributed by atoms with Crippen molar-refractivity contribution in [2.75, 3.05) is 13.1 Å². The summed E-state index contributed by atoms with van der Waals surface area (Å²) in [5.74, 6) is 1.12. The third-order valence-corrected chi connectivity index (χ3v) is 4.53. The van der Waals surface area contributed by atoms with Gasteiger partial charge >= 0.3 is 0 Å². The van der Waals surface area contributed by atoms with Gasteiger partial charge in [0, 0.05) is 29.2 Å². The fourth-order valence-corrected chi connectivity index (χ4v) is 3.59. The van der Waals surface area contributed by atoms with Crippen molar-refractivity contribution >= 4 is 0 Å². The van der Waals surface area contributed by atoms with Crippen LogP contribution in [-0.2, 0) is 0 Å². The SMILES string of the molecule is CCCN1CCC[C@@H]1c1cccnc1-n1c(C)ccc1C. The first-order valence-corrected chi connectivity index (χ1v) is 8.06. The van der Waals surface area contributed by atoms with Gasteiger partial charge in [-0.1, -0.05) is 13.0 Å². The first kappa shape index (κ1) is 14.3. The highest BCUT2D eigenvalue weighted by Gasteiger charge is 2.28. The van der Waals surface area contributed by atoms with Crippen molar-refractivity contribution < 1.29 is 0 Å². The normalized spacial score (nSPS) is 19.3. The Labute approximate surface area is 127 Å². The molecule has 1 atom stereocenters. The summed E-state index contributed by atoms with van der Waals surface area (Å²) in [6.45, 7) is 8.98. The molecule has 0 amide bonds. The van der Waals surface area contributed by atoms with Crippen LogP contribution >= 0.6 is 0 Å². The van der Waals surface area contributed by atoms with E-state index in [9.17, 15) is 0 Å². The van der Waals surface area contributed by atoms with Crippen LogP contribution in [0, 0.1) is 13.8 Å².